The molecule has 0 aromatic carbocycles. The van der Waals surface area contributed by atoms with Gasteiger partial charge in [0.1, 0.15) is 11.2 Å². The van der Waals surface area contributed by atoms with Crippen molar-refractivity contribution >= 4 is 27.5 Å². The smallest absolute Gasteiger partial charge is 0.264 e. The maximum absolute atomic E-state index is 12.9. The zero-order valence-electron chi connectivity index (χ0n) is 13.8. The van der Waals surface area contributed by atoms with Crippen molar-refractivity contribution in [2.75, 3.05) is 19.7 Å². The Labute approximate surface area is 139 Å². The number of fused-ring (bicyclic) bond motifs is 1. The lowest BCUT2D eigenvalue weighted by molar-refractivity contribution is -0.0585. The van der Waals surface area contributed by atoms with E-state index in [1.807, 2.05) is 32.6 Å². The van der Waals surface area contributed by atoms with Gasteiger partial charge in [-0.05, 0) is 33.3 Å². The van der Waals surface area contributed by atoms with Gasteiger partial charge in [0.25, 0.3) is 5.91 Å². The van der Waals surface area contributed by atoms with Crippen molar-refractivity contribution < 1.29 is 14.3 Å². The third kappa shape index (κ3) is 3.03. The standard InChI is InChI=1S/C16H21N3O3S/c1-5-21-14-12-11(4)13(23-15(12)18-8-17-14)16(20)19-6-9(2)22-10(3)7-19/h8-10H,5-7H2,1-4H3. The summed E-state index contributed by atoms with van der Waals surface area (Å²) < 4.78 is 11.3. The number of aromatic nitrogens is 2. The number of rotatable bonds is 3. The van der Waals surface area contributed by atoms with Gasteiger partial charge in [0.15, 0.2) is 0 Å². The van der Waals surface area contributed by atoms with Gasteiger partial charge in [0.05, 0.1) is 29.1 Å². The van der Waals surface area contributed by atoms with E-state index in [0.717, 1.165) is 15.8 Å². The van der Waals surface area contributed by atoms with Crippen molar-refractivity contribution in [1.82, 2.24) is 14.9 Å². The predicted molar refractivity (Wildman–Crippen MR) is 89.2 cm³/mol. The summed E-state index contributed by atoms with van der Waals surface area (Å²) in [7, 11) is 0. The number of thiophene rings is 1. The van der Waals surface area contributed by atoms with E-state index in [1.165, 1.54) is 17.7 Å². The number of carbonyl (C=O) groups excluding carboxylic acids is 1. The van der Waals surface area contributed by atoms with E-state index in [9.17, 15) is 4.79 Å². The molecule has 2 atom stereocenters. The van der Waals surface area contributed by atoms with E-state index in [4.69, 9.17) is 9.47 Å². The molecule has 2 aromatic rings. The molecule has 124 valence electrons. The van der Waals surface area contributed by atoms with Gasteiger partial charge in [0, 0.05) is 13.1 Å². The molecule has 23 heavy (non-hydrogen) atoms. The third-order valence-electron chi connectivity index (χ3n) is 3.87. The maximum atomic E-state index is 12.9. The first-order valence-electron chi connectivity index (χ1n) is 7.82. The number of hydrogen-bond acceptors (Lipinski definition) is 6. The van der Waals surface area contributed by atoms with E-state index in [2.05, 4.69) is 9.97 Å². The molecule has 3 heterocycles. The minimum atomic E-state index is 0.0370. The largest absolute Gasteiger partial charge is 0.477 e. The Morgan fingerprint density at radius 3 is 2.74 bits per heavy atom. The van der Waals surface area contributed by atoms with E-state index in [1.54, 1.807) is 0 Å². The van der Waals surface area contributed by atoms with Crippen LogP contribution in [0.15, 0.2) is 6.33 Å². The van der Waals surface area contributed by atoms with Crippen LogP contribution in [0, 0.1) is 6.92 Å². The Morgan fingerprint density at radius 2 is 2.09 bits per heavy atom. The Bertz CT molecular complexity index is 721. The molecule has 1 aliphatic heterocycles. The van der Waals surface area contributed by atoms with Gasteiger partial charge in [-0.3, -0.25) is 4.79 Å². The zero-order chi connectivity index (χ0) is 16.6. The fourth-order valence-corrected chi connectivity index (χ4v) is 4.08. The van der Waals surface area contributed by atoms with Crippen molar-refractivity contribution in [3.63, 3.8) is 0 Å². The van der Waals surface area contributed by atoms with Crippen LogP contribution in [0.4, 0.5) is 0 Å². The summed E-state index contributed by atoms with van der Waals surface area (Å²) in [5.74, 6) is 0.587. The summed E-state index contributed by atoms with van der Waals surface area (Å²) in [6, 6.07) is 0. The summed E-state index contributed by atoms with van der Waals surface area (Å²) in [6.45, 7) is 9.59. The van der Waals surface area contributed by atoms with Gasteiger partial charge in [-0.25, -0.2) is 9.97 Å². The third-order valence-corrected chi connectivity index (χ3v) is 5.06. The topological polar surface area (TPSA) is 64.6 Å². The van der Waals surface area contributed by atoms with Crippen LogP contribution >= 0.6 is 11.3 Å². The number of amides is 1. The molecule has 0 radical (unpaired) electrons. The highest BCUT2D eigenvalue weighted by atomic mass is 32.1. The van der Waals surface area contributed by atoms with Crippen molar-refractivity contribution in [3.8, 4) is 5.88 Å². The first kappa shape index (κ1) is 16.1. The van der Waals surface area contributed by atoms with Crippen molar-refractivity contribution in [2.24, 2.45) is 0 Å². The molecule has 0 N–H and O–H groups in total. The summed E-state index contributed by atoms with van der Waals surface area (Å²) in [6.07, 6.45) is 1.59. The summed E-state index contributed by atoms with van der Waals surface area (Å²) in [4.78, 5) is 24.8. The molecule has 2 aromatic heterocycles. The fraction of sp³-hybridized carbons (Fsp3) is 0.562. The van der Waals surface area contributed by atoms with Gasteiger partial charge < -0.3 is 14.4 Å². The molecule has 1 aliphatic rings. The van der Waals surface area contributed by atoms with Crippen LogP contribution in [0.25, 0.3) is 10.2 Å². The second kappa shape index (κ2) is 6.41. The van der Waals surface area contributed by atoms with Gasteiger partial charge in [0.2, 0.25) is 5.88 Å². The second-order valence-corrected chi connectivity index (χ2v) is 6.81. The number of morpholine rings is 1. The number of hydrogen-bond donors (Lipinski definition) is 0. The van der Waals surface area contributed by atoms with E-state index >= 15 is 0 Å². The Kier molecular flexibility index (Phi) is 4.50. The predicted octanol–water partition coefficient (Wildman–Crippen LogP) is 2.65. The Hall–Kier alpha value is -1.73. The monoisotopic (exact) mass is 335 g/mol. The molecule has 6 nitrogen and oxygen atoms in total. The molecular formula is C16H21N3O3S. The Balaban J connectivity index is 1.98. The molecule has 7 heteroatoms. The van der Waals surface area contributed by atoms with Crippen LogP contribution in [0.3, 0.4) is 0 Å². The van der Waals surface area contributed by atoms with Crippen molar-refractivity contribution in [2.45, 2.75) is 39.9 Å². The SMILES string of the molecule is CCOc1ncnc2sc(C(=O)N3CC(C)OC(C)C3)c(C)c12. The summed E-state index contributed by atoms with van der Waals surface area (Å²) in [5, 5.41) is 0.844. The first-order valence-corrected chi connectivity index (χ1v) is 8.64. The molecule has 0 saturated carbocycles. The highest BCUT2D eigenvalue weighted by Gasteiger charge is 2.29. The van der Waals surface area contributed by atoms with Crippen LogP contribution in [-0.4, -0.2) is 52.7 Å². The minimum absolute atomic E-state index is 0.0370. The maximum Gasteiger partial charge on any atom is 0.264 e. The van der Waals surface area contributed by atoms with Gasteiger partial charge in [-0.2, -0.15) is 0 Å². The average molecular weight is 335 g/mol. The van der Waals surface area contributed by atoms with Gasteiger partial charge in [-0.1, -0.05) is 0 Å². The lowest BCUT2D eigenvalue weighted by Crippen LogP contribution is -2.48. The fourth-order valence-electron chi connectivity index (χ4n) is 2.98. The number of carbonyl (C=O) groups is 1. The molecule has 0 aliphatic carbocycles. The molecule has 1 saturated heterocycles. The molecular weight excluding hydrogens is 314 g/mol. The van der Waals surface area contributed by atoms with E-state index < -0.39 is 0 Å². The molecule has 2 unspecified atom stereocenters. The second-order valence-electron chi connectivity index (χ2n) is 5.82. The number of nitrogens with zero attached hydrogens (tertiary/aromatic N) is 3. The highest BCUT2D eigenvalue weighted by Crippen LogP contribution is 2.35. The molecule has 1 amide bonds. The number of aryl methyl sites for hydroxylation is 1. The lowest BCUT2D eigenvalue weighted by Gasteiger charge is -2.35. The van der Waals surface area contributed by atoms with Gasteiger partial charge in [-0.15, -0.1) is 11.3 Å². The highest BCUT2D eigenvalue weighted by molar-refractivity contribution is 7.20. The summed E-state index contributed by atoms with van der Waals surface area (Å²) in [5.41, 5.74) is 0.894. The van der Waals surface area contributed by atoms with Gasteiger partial charge >= 0.3 is 0 Å². The van der Waals surface area contributed by atoms with Crippen LogP contribution < -0.4 is 4.74 Å². The molecule has 0 spiro atoms. The molecule has 0 bridgehead atoms. The summed E-state index contributed by atoms with van der Waals surface area (Å²) >= 11 is 1.40. The molecule has 3 rings (SSSR count). The molecule has 1 fully saturated rings. The quantitative estimate of drug-likeness (QED) is 0.863. The van der Waals surface area contributed by atoms with Crippen molar-refractivity contribution in [3.05, 3.63) is 16.8 Å². The lowest BCUT2D eigenvalue weighted by atomic mass is 10.1. The number of ether oxygens (including phenoxy) is 2. The zero-order valence-corrected chi connectivity index (χ0v) is 14.6. The van der Waals surface area contributed by atoms with Crippen LogP contribution in [0.2, 0.25) is 0 Å². The van der Waals surface area contributed by atoms with Crippen LogP contribution in [-0.2, 0) is 4.74 Å². The van der Waals surface area contributed by atoms with Crippen LogP contribution in [0.5, 0.6) is 5.88 Å². The van der Waals surface area contributed by atoms with Crippen molar-refractivity contribution in [1.29, 1.82) is 0 Å². The minimum Gasteiger partial charge on any atom is -0.477 e. The van der Waals surface area contributed by atoms with E-state index in [-0.39, 0.29) is 18.1 Å². The van der Waals surface area contributed by atoms with E-state index in [0.29, 0.717) is 30.5 Å². The first-order chi connectivity index (χ1) is 11.0. The van der Waals surface area contributed by atoms with Crippen LogP contribution in [0.1, 0.15) is 36.0 Å². The normalized spacial score (nSPS) is 21.7. The Morgan fingerprint density at radius 1 is 1.39 bits per heavy atom. The average Bonchev–Trinajstić information content (AvgIpc) is 2.84.